The van der Waals surface area contributed by atoms with Crippen LogP contribution in [0.1, 0.15) is 57.1 Å². The smallest absolute Gasteiger partial charge is 0.224 e. The van der Waals surface area contributed by atoms with Crippen LogP contribution in [0.4, 0.5) is 16.2 Å². The molecule has 3 rings (SSSR count). The number of hydrogen-bond donors (Lipinski definition) is 4. The van der Waals surface area contributed by atoms with Crippen molar-refractivity contribution in [3.63, 3.8) is 0 Å². The zero-order valence-electron chi connectivity index (χ0n) is 18.7. The summed E-state index contributed by atoms with van der Waals surface area (Å²) < 4.78 is 13.4. The molecule has 8 heteroatoms. The Labute approximate surface area is 188 Å². The Hall–Kier alpha value is -3.18. The first kappa shape index (κ1) is 23.5. The highest BCUT2D eigenvalue weighted by molar-refractivity contribution is 5.83. The lowest BCUT2D eigenvalue weighted by Crippen LogP contribution is -2.23. The van der Waals surface area contributed by atoms with Gasteiger partial charge in [-0.05, 0) is 55.9 Å². The zero-order chi connectivity index (χ0) is 22.9. The predicted molar refractivity (Wildman–Crippen MR) is 125 cm³/mol. The third-order valence-corrected chi connectivity index (χ3v) is 5.61. The number of hydrogen-bond acceptors (Lipinski definition) is 6. The molecule has 0 saturated heterocycles. The summed E-state index contributed by atoms with van der Waals surface area (Å²) in [6, 6.07) is 7.00. The fourth-order valence-corrected chi connectivity index (χ4v) is 3.76. The minimum atomic E-state index is -0.310. The summed E-state index contributed by atoms with van der Waals surface area (Å²) in [7, 11) is 0. The van der Waals surface area contributed by atoms with E-state index in [4.69, 9.17) is 0 Å². The normalized spacial score (nSPS) is 13.0. The number of aliphatic hydroxyl groups excluding tert-OH is 1. The van der Waals surface area contributed by atoms with Crippen LogP contribution in [-0.2, 0) is 6.42 Å². The lowest BCUT2D eigenvalue weighted by Gasteiger charge is -2.21. The molecule has 0 fully saturated rings. The number of anilines is 2. The van der Waals surface area contributed by atoms with Crippen molar-refractivity contribution in [2.24, 2.45) is 0 Å². The number of fused-ring (bicyclic) bond motifs is 1. The van der Waals surface area contributed by atoms with E-state index >= 15 is 0 Å². The molecule has 2 heterocycles. The maximum Gasteiger partial charge on any atom is 0.224 e. The van der Waals surface area contributed by atoms with Gasteiger partial charge < -0.3 is 20.7 Å². The third kappa shape index (κ3) is 6.17. The van der Waals surface area contributed by atoms with Crippen molar-refractivity contribution in [2.75, 3.05) is 17.2 Å². The third-order valence-electron chi connectivity index (χ3n) is 5.61. The quantitative estimate of drug-likeness (QED) is 0.325. The van der Waals surface area contributed by atoms with Gasteiger partial charge in [0.1, 0.15) is 23.3 Å². The lowest BCUT2D eigenvalue weighted by molar-refractivity contribution is 0.155. The molecular weight excluding hydrogens is 407 g/mol. The second-order valence-electron chi connectivity index (χ2n) is 8.02. The number of halogens is 1. The second-order valence-corrected chi connectivity index (χ2v) is 8.02. The summed E-state index contributed by atoms with van der Waals surface area (Å²) in [6.07, 6.45) is 7.98. The Morgan fingerprint density at radius 2 is 2.09 bits per heavy atom. The van der Waals surface area contributed by atoms with E-state index in [1.807, 2.05) is 13.1 Å². The fraction of sp³-hybridized carbons (Fsp3) is 0.458. The molecule has 2 atom stereocenters. The van der Waals surface area contributed by atoms with Gasteiger partial charge in [0.2, 0.25) is 5.95 Å². The largest absolute Gasteiger partial charge is 0.393 e. The standard InChI is InChI=1S/C24H31FN6O/c1-3-5-19(7-8-20(32)4-2)30-23-17(13-26)15-29-24(31-23)27-11-10-16-14-28-22-12-18(25)6-9-21(16)22/h6,9,12,14-15,19-20,28,32H,3-5,7-8,10-11H2,1-2H3,(H2,27,29,30,31)/t19-,20+/m0/s1. The van der Waals surface area contributed by atoms with Crippen molar-refractivity contribution in [3.05, 3.63) is 47.5 Å². The van der Waals surface area contributed by atoms with Crippen LogP contribution in [0.15, 0.2) is 30.6 Å². The molecule has 0 aliphatic heterocycles. The number of aromatic nitrogens is 3. The van der Waals surface area contributed by atoms with Gasteiger partial charge in [-0.3, -0.25) is 0 Å². The van der Waals surface area contributed by atoms with Gasteiger partial charge in [-0.15, -0.1) is 0 Å². The molecule has 0 aliphatic rings. The minimum absolute atomic E-state index is 0.127. The lowest BCUT2D eigenvalue weighted by atomic mass is 10.0. The van der Waals surface area contributed by atoms with Gasteiger partial charge in [-0.1, -0.05) is 20.3 Å². The van der Waals surface area contributed by atoms with E-state index in [0.29, 0.717) is 36.7 Å². The summed E-state index contributed by atoms with van der Waals surface area (Å²) in [6.45, 7) is 4.68. The molecule has 2 aromatic heterocycles. The maximum atomic E-state index is 13.4. The Kier molecular flexibility index (Phi) is 8.40. The van der Waals surface area contributed by atoms with E-state index < -0.39 is 0 Å². The highest BCUT2D eigenvalue weighted by Crippen LogP contribution is 2.21. The van der Waals surface area contributed by atoms with E-state index in [-0.39, 0.29) is 18.0 Å². The minimum Gasteiger partial charge on any atom is -0.393 e. The van der Waals surface area contributed by atoms with Gasteiger partial charge in [-0.25, -0.2) is 9.37 Å². The Morgan fingerprint density at radius 1 is 1.25 bits per heavy atom. The van der Waals surface area contributed by atoms with Crippen LogP contribution in [0, 0.1) is 17.1 Å². The molecule has 0 bridgehead atoms. The molecule has 4 N–H and O–H groups in total. The summed E-state index contributed by atoms with van der Waals surface area (Å²) in [5, 5.41) is 27.0. The van der Waals surface area contributed by atoms with Crippen molar-refractivity contribution in [1.82, 2.24) is 15.0 Å². The van der Waals surface area contributed by atoms with Gasteiger partial charge in [0.25, 0.3) is 0 Å². The van der Waals surface area contributed by atoms with Crippen LogP contribution in [0.2, 0.25) is 0 Å². The Bertz CT molecular complexity index is 1060. The number of benzene rings is 1. The Morgan fingerprint density at radius 3 is 2.84 bits per heavy atom. The van der Waals surface area contributed by atoms with Crippen LogP contribution < -0.4 is 10.6 Å². The van der Waals surface area contributed by atoms with Crippen LogP contribution in [0.3, 0.4) is 0 Å². The summed E-state index contributed by atoms with van der Waals surface area (Å²) in [5.41, 5.74) is 2.25. The second kappa shape index (κ2) is 11.4. The van der Waals surface area contributed by atoms with Crippen LogP contribution in [0.25, 0.3) is 10.9 Å². The number of nitriles is 1. The van der Waals surface area contributed by atoms with Crippen molar-refractivity contribution in [2.45, 2.75) is 64.5 Å². The monoisotopic (exact) mass is 438 g/mol. The predicted octanol–water partition coefficient (Wildman–Crippen LogP) is 4.75. The number of nitrogens with zero attached hydrogens (tertiary/aromatic N) is 3. The number of aliphatic hydroxyl groups is 1. The molecule has 0 aliphatic carbocycles. The number of rotatable bonds is 12. The molecule has 0 saturated carbocycles. The zero-order valence-corrected chi connectivity index (χ0v) is 18.7. The van der Waals surface area contributed by atoms with E-state index in [1.165, 1.54) is 18.3 Å². The average Bonchev–Trinajstić information content (AvgIpc) is 3.19. The number of aromatic amines is 1. The molecule has 32 heavy (non-hydrogen) atoms. The van der Waals surface area contributed by atoms with E-state index in [0.717, 1.165) is 42.1 Å². The molecule has 1 aromatic carbocycles. The van der Waals surface area contributed by atoms with Crippen molar-refractivity contribution < 1.29 is 9.50 Å². The highest BCUT2D eigenvalue weighted by atomic mass is 19.1. The van der Waals surface area contributed by atoms with Crippen LogP contribution in [0.5, 0.6) is 0 Å². The number of H-pyrrole nitrogens is 1. The summed E-state index contributed by atoms with van der Waals surface area (Å²) >= 11 is 0. The fourth-order valence-electron chi connectivity index (χ4n) is 3.76. The molecule has 0 amide bonds. The molecule has 0 unspecified atom stereocenters. The van der Waals surface area contributed by atoms with Crippen molar-refractivity contribution >= 4 is 22.7 Å². The molecule has 0 radical (unpaired) electrons. The molecular formula is C24H31FN6O. The van der Waals surface area contributed by atoms with Crippen molar-refractivity contribution in [1.29, 1.82) is 5.26 Å². The summed E-state index contributed by atoms with van der Waals surface area (Å²) in [5.74, 6) is 0.693. The van der Waals surface area contributed by atoms with Crippen LogP contribution >= 0.6 is 0 Å². The molecule has 7 nitrogen and oxygen atoms in total. The first-order valence-electron chi connectivity index (χ1n) is 11.2. The molecule has 3 aromatic rings. The van der Waals surface area contributed by atoms with Gasteiger partial charge in [0, 0.05) is 29.7 Å². The first-order chi connectivity index (χ1) is 15.5. The van der Waals surface area contributed by atoms with Gasteiger partial charge in [0.05, 0.1) is 12.3 Å². The summed E-state index contributed by atoms with van der Waals surface area (Å²) in [4.78, 5) is 11.9. The maximum absolute atomic E-state index is 13.4. The Balaban J connectivity index is 1.64. The highest BCUT2D eigenvalue weighted by Gasteiger charge is 2.15. The van der Waals surface area contributed by atoms with Gasteiger partial charge in [-0.2, -0.15) is 10.2 Å². The van der Waals surface area contributed by atoms with E-state index in [1.54, 1.807) is 6.07 Å². The SMILES string of the molecule is CCC[C@@H](CC[C@H](O)CC)Nc1nc(NCCc2c[nH]c3cc(F)ccc23)ncc1C#N. The first-order valence-corrected chi connectivity index (χ1v) is 11.2. The topological polar surface area (TPSA) is 110 Å². The number of nitrogens with one attached hydrogen (secondary N) is 3. The van der Waals surface area contributed by atoms with E-state index in [2.05, 4.69) is 38.6 Å². The van der Waals surface area contributed by atoms with Crippen LogP contribution in [-0.4, -0.2) is 38.7 Å². The van der Waals surface area contributed by atoms with Crippen molar-refractivity contribution in [3.8, 4) is 6.07 Å². The molecule has 0 spiro atoms. The average molecular weight is 439 g/mol. The van der Waals surface area contributed by atoms with E-state index in [9.17, 15) is 14.8 Å². The molecule has 170 valence electrons. The van der Waals surface area contributed by atoms with Gasteiger partial charge in [0.15, 0.2) is 0 Å². The van der Waals surface area contributed by atoms with Gasteiger partial charge >= 0.3 is 0 Å².